The van der Waals surface area contributed by atoms with Gasteiger partial charge in [0.1, 0.15) is 0 Å². The molecule has 0 aromatic carbocycles. The topological polar surface area (TPSA) is 41.5 Å². The number of nitrogens with one attached hydrogen (secondary N) is 1. The van der Waals surface area contributed by atoms with Gasteiger partial charge in [-0.05, 0) is 43.9 Å². The Hall–Kier alpha value is -0.120. The van der Waals surface area contributed by atoms with Crippen molar-refractivity contribution in [3.05, 3.63) is 0 Å². The number of methoxy groups -OCH3 is 1. The first-order chi connectivity index (χ1) is 7.95. The highest BCUT2D eigenvalue weighted by molar-refractivity contribution is 4.89. The Bertz CT molecular complexity index is 208. The standard InChI is InChI=1S/C14H29NO2/c1-11-7-12(2)9-13(8-11)14(3,16)10-15-5-6-17-4/h11-13,15-16H,5-10H2,1-4H3. The van der Waals surface area contributed by atoms with Crippen molar-refractivity contribution in [2.75, 3.05) is 26.8 Å². The van der Waals surface area contributed by atoms with E-state index in [1.807, 2.05) is 6.92 Å². The van der Waals surface area contributed by atoms with Gasteiger partial charge in [0, 0.05) is 20.2 Å². The molecule has 0 spiro atoms. The van der Waals surface area contributed by atoms with E-state index in [0.29, 0.717) is 19.1 Å². The Morgan fingerprint density at radius 2 is 1.82 bits per heavy atom. The van der Waals surface area contributed by atoms with Gasteiger partial charge in [0.15, 0.2) is 0 Å². The molecule has 0 aliphatic heterocycles. The van der Waals surface area contributed by atoms with E-state index in [2.05, 4.69) is 19.2 Å². The lowest BCUT2D eigenvalue weighted by atomic mass is 9.70. The average molecular weight is 243 g/mol. The fraction of sp³-hybridized carbons (Fsp3) is 1.00. The number of ether oxygens (including phenoxy) is 1. The van der Waals surface area contributed by atoms with E-state index >= 15 is 0 Å². The van der Waals surface area contributed by atoms with E-state index in [-0.39, 0.29) is 0 Å². The minimum Gasteiger partial charge on any atom is -0.389 e. The van der Waals surface area contributed by atoms with Crippen LogP contribution in [0.5, 0.6) is 0 Å². The fourth-order valence-corrected chi connectivity index (χ4v) is 3.11. The van der Waals surface area contributed by atoms with Gasteiger partial charge in [-0.25, -0.2) is 0 Å². The smallest absolute Gasteiger partial charge is 0.0771 e. The second-order valence-electron chi connectivity index (χ2n) is 6.14. The van der Waals surface area contributed by atoms with E-state index in [0.717, 1.165) is 31.2 Å². The molecule has 102 valence electrons. The molecule has 0 heterocycles. The Kier molecular flexibility index (Phi) is 5.90. The van der Waals surface area contributed by atoms with Crippen LogP contribution in [-0.4, -0.2) is 37.5 Å². The summed E-state index contributed by atoms with van der Waals surface area (Å²) >= 11 is 0. The lowest BCUT2D eigenvalue weighted by Crippen LogP contribution is -2.47. The molecule has 1 aliphatic rings. The predicted molar refractivity (Wildman–Crippen MR) is 71.0 cm³/mol. The van der Waals surface area contributed by atoms with E-state index in [1.165, 1.54) is 6.42 Å². The van der Waals surface area contributed by atoms with Crippen LogP contribution in [0.4, 0.5) is 0 Å². The van der Waals surface area contributed by atoms with Gasteiger partial charge in [-0.2, -0.15) is 0 Å². The monoisotopic (exact) mass is 243 g/mol. The first-order valence-corrected chi connectivity index (χ1v) is 6.87. The SMILES string of the molecule is COCCNCC(C)(O)C1CC(C)CC(C)C1. The highest BCUT2D eigenvalue weighted by atomic mass is 16.5. The van der Waals surface area contributed by atoms with Crippen molar-refractivity contribution < 1.29 is 9.84 Å². The molecule has 0 saturated heterocycles. The van der Waals surface area contributed by atoms with Gasteiger partial charge in [-0.1, -0.05) is 13.8 Å². The Labute approximate surface area is 106 Å². The number of hydrogen-bond acceptors (Lipinski definition) is 3. The van der Waals surface area contributed by atoms with E-state index in [1.54, 1.807) is 7.11 Å². The first kappa shape index (κ1) is 14.9. The lowest BCUT2D eigenvalue weighted by Gasteiger charge is -2.40. The fourth-order valence-electron chi connectivity index (χ4n) is 3.11. The summed E-state index contributed by atoms with van der Waals surface area (Å²) in [5.74, 6) is 1.92. The summed E-state index contributed by atoms with van der Waals surface area (Å²) in [5.41, 5.74) is -0.587. The maximum Gasteiger partial charge on any atom is 0.0771 e. The van der Waals surface area contributed by atoms with E-state index in [9.17, 15) is 5.11 Å². The largest absolute Gasteiger partial charge is 0.389 e. The highest BCUT2D eigenvalue weighted by Gasteiger charge is 2.36. The summed E-state index contributed by atoms with van der Waals surface area (Å²) in [4.78, 5) is 0. The molecule has 3 heteroatoms. The van der Waals surface area contributed by atoms with Crippen LogP contribution in [-0.2, 0) is 4.74 Å². The zero-order valence-electron chi connectivity index (χ0n) is 11.8. The van der Waals surface area contributed by atoms with Gasteiger partial charge in [0.05, 0.1) is 12.2 Å². The summed E-state index contributed by atoms with van der Waals surface area (Å²) in [5, 5.41) is 13.8. The van der Waals surface area contributed by atoms with E-state index in [4.69, 9.17) is 4.74 Å². The molecule has 1 rings (SSSR count). The minimum absolute atomic E-state index is 0.427. The van der Waals surface area contributed by atoms with Crippen molar-refractivity contribution in [2.45, 2.75) is 45.6 Å². The molecule has 1 saturated carbocycles. The molecule has 0 amide bonds. The Morgan fingerprint density at radius 3 is 2.35 bits per heavy atom. The van der Waals surface area contributed by atoms with Crippen LogP contribution in [0.1, 0.15) is 40.0 Å². The maximum absolute atomic E-state index is 10.6. The molecular weight excluding hydrogens is 214 g/mol. The molecule has 2 N–H and O–H groups in total. The predicted octanol–water partition coefficient (Wildman–Crippen LogP) is 2.05. The van der Waals surface area contributed by atoms with Gasteiger partial charge >= 0.3 is 0 Å². The second kappa shape index (κ2) is 6.72. The maximum atomic E-state index is 10.6. The van der Waals surface area contributed by atoms with Crippen LogP contribution in [0, 0.1) is 17.8 Å². The molecule has 0 bridgehead atoms. The second-order valence-corrected chi connectivity index (χ2v) is 6.14. The summed E-state index contributed by atoms with van der Waals surface area (Å²) < 4.78 is 4.99. The molecule has 3 atom stereocenters. The molecule has 1 aliphatic carbocycles. The van der Waals surface area contributed by atoms with Crippen LogP contribution < -0.4 is 5.32 Å². The van der Waals surface area contributed by atoms with Gasteiger partial charge in [0.2, 0.25) is 0 Å². The third-order valence-corrected chi connectivity index (χ3v) is 4.02. The van der Waals surface area contributed by atoms with Gasteiger partial charge < -0.3 is 15.2 Å². The first-order valence-electron chi connectivity index (χ1n) is 6.87. The van der Waals surface area contributed by atoms with Crippen molar-refractivity contribution in [1.29, 1.82) is 0 Å². The quantitative estimate of drug-likeness (QED) is 0.702. The number of rotatable bonds is 6. The molecule has 3 nitrogen and oxygen atoms in total. The van der Waals surface area contributed by atoms with Crippen LogP contribution in [0.2, 0.25) is 0 Å². The molecular formula is C14H29NO2. The van der Waals surface area contributed by atoms with Gasteiger partial charge in [0.25, 0.3) is 0 Å². The van der Waals surface area contributed by atoms with Crippen molar-refractivity contribution in [3.63, 3.8) is 0 Å². The number of aliphatic hydroxyl groups is 1. The van der Waals surface area contributed by atoms with Gasteiger partial charge in [-0.3, -0.25) is 0 Å². The van der Waals surface area contributed by atoms with Crippen molar-refractivity contribution >= 4 is 0 Å². The highest BCUT2D eigenvalue weighted by Crippen LogP contribution is 2.38. The molecule has 17 heavy (non-hydrogen) atoms. The summed E-state index contributed by atoms with van der Waals surface area (Å²) in [7, 11) is 1.70. The van der Waals surface area contributed by atoms with Crippen LogP contribution in [0.3, 0.4) is 0 Å². The normalized spacial score (nSPS) is 33.4. The third kappa shape index (κ3) is 4.94. The van der Waals surface area contributed by atoms with Crippen LogP contribution in [0.15, 0.2) is 0 Å². The number of hydrogen-bond donors (Lipinski definition) is 2. The van der Waals surface area contributed by atoms with Crippen molar-refractivity contribution in [3.8, 4) is 0 Å². The molecule has 0 aromatic heterocycles. The summed E-state index contributed by atoms with van der Waals surface area (Å²) in [6.07, 6.45) is 3.62. The van der Waals surface area contributed by atoms with Crippen molar-refractivity contribution in [1.82, 2.24) is 5.32 Å². The summed E-state index contributed by atoms with van der Waals surface area (Å²) in [6, 6.07) is 0. The van der Waals surface area contributed by atoms with Gasteiger partial charge in [-0.15, -0.1) is 0 Å². The zero-order chi connectivity index (χ0) is 12.9. The Balaban J connectivity index is 2.39. The Morgan fingerprint density at radius 1 is 1.24 bits per heavy atom. The van der Waals surface area contributed by atoms with E-state index < -0.39 is 5.60 Å². The zero-order valence-corrected chi connectivity index (χ0v) is 11.8. The van der Waals surface area contributed by atoms with Crippen LogP contribution >= 0.6 is 0 Å². The summed E-state index contributed by atoms with van der Waals surface area (Å²) in [6.45, 7) is 8.76. The van der Waals surface area contributed by atoms with Crippen LogP contribution in [0.25, 0.3) is 0 Å². The molecule has 0 radical (unpaired) electrons. The third-order valence-electron chi connectivity index (χ3n) is 4.02. The molecule has 0 aromatic rings. The lowest BCUT2D eigenvalue weighted by molar-refractivity contribution is -0.0327. The molecule has 1 fully saturated rings. The average Bonchev–Trinajstić information content (AvgIpc) is 2.23. The van der Waals surface area contributed by atoms with Crippen molar-refractivity contribution in [2.24, 2.45) is 17.8 Å². The minimum atomic E-state index is -0.587. The molecule has 3 unspecified atom stereocenters.